The van der Waals surface area contributed by atoms with Crippen LogP contribution in [0.2, 0.25) is 0 Å². The molecule has 0 radical (unpaired) electrons. The quantitative estimate of drug-likeness (QED) is 0.698. The molecule has 1 aromatic rings. The minimum Gasteiger partial charge on any atom is -0.504 e. The monoisotopic (exact) mass is 267 g/mol. The number of hydrogen-bond donors (Lipinski definition) is 3. The Hall–Kier alpha value is -2.24. The molecule has 19 heavy (non-hydrogen) atoms. The van der Waals surface area contributed by atoms with Crippen molar-refractivity contribution in [2.75, 3.05) is 13.1 Å². The largest absolute Gasteiger partial charge is 0.504 e. The van der Waals surface area contributed by atoms with Crippen molar-refractivity contribution in [2.45, 2.75) is 13.8 Å². The third-order valence-corrected chi connectivity index (χ3v) is 2.44. The van der Waals surface area contributed by atoms with E-state index in [-0.39, 0.29) is 18.0 Å². The zero-order chi connectivity index (χ0) is 14.6. The Balaban J connectivity index is 3.04. The van der Waals surface area contributed by atoms with E-state index in [2.05, 4.69) is 0 Å². The van der Waals surface area contributed by atoms with E-state index < -0.39 is 29.9 Å². The Morgan fingerprint density at radius 3 is 2.42 bits per heavy atom. The van der Waals surface area contributed by atoms with Gasteiger partial charge in [0.15, 0.2) is 11.5 Å². The number of para-hydroxylation sites is 1. The highest BCUT2D eigenvalue weighted by Crippen LogP contribution is 2.29. The summed E-state index contributed by atoms with van der Waals surface area (Å²) in [6.07, 6.45) is 0. The lowest BCUT2D eigenvalue weighted by atomic mass is 10.1. The molecule has 0 atom stereocenters. The number of rotatable bonds is 5. The molecule has 0 aromatic heterocycles. The summed E-state index contributed by atoms with van der Waals surface area (Å²) in [4.78, 5) is 24.1. The summed E-state index contributed by atoms with van der Waals surface area (Å²) in [6.45, 7) is 3.50. The summed E-state index contributed by atoms with van der Waals surface area (Å²) in [6, 6.07) is 4.00. The fourth-order valence-corrected chi connectivity index (χ4v) is 1.70. The van der Waals surface area contributed by atoms with E-state index in [1.807, 2.05) is 13.8 Å². The topological polar surface area (TPSA) is 98.1 Å². The zero-order valence-corrected chi connectivity index (χ0v) is 10.8. The van der Waals surface area contributed by atoms with Gasteiger partial charge in [-0.3, -0.25) is 9.59 Å². The molecule has 6 heteroatoms. The first-order chi connectivity index (χ1) is 8.82. The summed E-state index contributed by atoms with van der Waals surface area (Å²) in [5.41, 5.74) is -0.109. The maximum absolute atomic E-state index is 12.2. The van der Waals surface area contributed by atoms with E-state index in [1.54, 1.807) is 0 Å². The van der Waals surface area contributed by atoms with Gasteiger partial charge in [-0.2, -0.15) is 0 Å². The Bertz CT molecular complexity index is 484. The zero-order valence-electron chi connectivity index (χ0n) is 10.8. The second-order valence-electron chi connectivity index (χ2n) is 4.65. The molecule has 0 aliphatic rings. The average Bonchev–Trinajstić information content (AvgIpc) is 2.30. The Kier molecular flexibility index (Phi) is 4.74. The third-order valence-electron chi connectivity index (χ3n) is 2.44. The van der Waals surface area contributed by atoms with Crippen molar-refractivity contribution < 1.29 is 24.9 Å². The number of carbonyl (C=O) groups excluding carboxylic acids is 1. The van der Waals surface area contributed by atoms with Crippen molar-refractivity contribution >= 4 is 11.9 Å². The highest BCUT2D eigenvalue weighted by Gasteiger charge is 2.23. The van der Waals surface area contributed by atoms with Gasteiger partial charge in [-0.25, -0.2) is 0 Å². The first-order valence-corrected chi connectivity index (χ1v) is 5.85. The summed E-state index contributed by atoms with van der Waals surface area (Å²) in [7, 11) is 0. The van der Waals surface area contributed by atoms with Crippen LogP contribution >= 0.6 is 0 Å². The SMILES string of the molecule is CC(C)CN(CC(=O)O)C(=O)c1cccc(O)c1O. The van der Waals surface area contributed by atoms with Gasteiger partial charge in [0.05, 0.1) is 5.56 Å². The molecule has 0 aliphatic carbocycles. The molecule has 0 saturated carbocycles. The number of carboxylic acid groups (broad SMARTS) is 1. The Morgan fingerprint density at radius 1 is 1.26 bits per heavy atom. The lowest BCUT2D eigenvalue weighted by Gasteiger charge is -2.23. The number of carbonyl (C=O) groups is 2. The lowest BCUT2D eigenvalue weighted by Crippen LogP contribution is -2.38. The predicted octanol–water partition coefficient (Wildman–Crippen LogP) is 1.28. The third kappa shape index (κ3) is 3.87. The number of aliphatic carboxylic acids is 1. The van der Waals surface area contributed by atoms with Gasteiger partial charge < -0.3 is 20.2 Å². The first kappa shape index (κ1) is 14.8. The van der Waals surface area contributed by atoms with Gasteiger partial charge in [-0.05, 0) is 18.1 Å². The number of carboxylic acids is 1. The van der Waals surface area contributed by atoms with Crippen LogP contribution in [-0.2, 0) is 4.79 Å². The summed E-state index contributed by atoms with van der Waals surface area (Å²) >= 11 is 0. The number of hydrogen-bond acceptors (Lipinski definition) is 4. The van der Waals surface area contributed by atoms with Gasteiger partial charge in [0.25, 0.3) is 5.91 Å². The van der Waals surface area contributed by atoms with E-state index in [0.717, 1.165) is 4.90 Å². The highest BCUT2D eigenvalue weighted by molar-refractivity contribution is 5.98. The summed E-state index contributed by atoms with van der Waals surface area (Å²) < 4.78 is 0. The van der Waals surface area contributed by atoms with Crippen LogP contribution in [0.3, 0.4) is 0 Å². The fraction of sp³-hybridized carbons (Fsp3) is 0.385. The van der Waals surface area contributed by atoms with Crippen molar-refractivity contribution in [3.05, 3.63) is 23.8 Å². The molecule has 0 heterocycles. The molecule has 3 N–H and O–H groups in total. The van der Waals surface area contributed by atoms with Gasteiger partial charge in [-0.15, -0.1) is 0 Å². The average molecular weight is 267 g/mol. The molecule has 0 unspecified atom stereocenters. The van der Waals surface area contributed by atoms with Crippen molar-refractivity contribution in [1.82, 2.24) is 4.90 Å². The van der Waals surface area contributed by atoms with E-state index >= 15 is 0 Å². The van der Waals surface area contributed by atoms with Gasteiger partial charge in [0.1, 0.15) is 6.54 Å². The van der Waals surface area contributed by atoms with Crippen LogP contribution in [0, 0.1) is 5.92 Å². The van der Waals surface area contributed by atoms with Crippen LogP contribution in [-0.4, -0.2) is 45.2 Å². The van der Waals surface area contributed by atoms with Crippen molar-refractivity contribution in [3.63, 3.8) is 0 Å². The number of benzene rings is 1. The first-order valence-electron chi connectivity index (χ1n) is 5.85. The Labute approximate surface area is 110 Å². The molecule has 6 nitrogen and oxygen atoms in total. The Morgan fingerprint density at radius 2 is 1.89 bits per heavy atom. The number of phenols is 2. The standard InChI is InChI=1S/C13H17NO5/c1-8(2)6-14(7-11(16)17)13(19)9-4-3-5-10(15)12(9)18/h3-5,8,15,18H,6-7H2,1-2H3,(H,16,17). The second kappa shape index (κ2) is 6.08. The molecular formula is C13H17NO5. The van der Waals surface area contributed by atoms with Crippen LogP contribution in [0.15, 0.2) is 18.2 Å². The van der Waals surface area contributed by atoms with Gasteiger partial charge in [-0.1, -0.05) is 19.9 Å². The lowest BCUT2D eigenvalue weighted by molar-refractivity contribution is -0.137. The highest BCUT2D eigenvalue weighted by atomic mass is 16.4. The molecular weight excluding hydrogens is 250 g/mol. The van der Waals surface area contributed by atoms with Gasteiger partial charge in [0, 0.05) is 6.54 Å². The molecule has 104 valence electrons. The molecule has 0 bridgehead atoms. The van der Waals surface area contributed by atoms with Crippen LogP contribution in [0.5, 0.6) is 11.5 Å². The minimum atomic E-state index is -1.13. The van der Waals surface area contributed by atoms with Crippen molar-refractivity contribution in [1.29, 1.82) is 0 Å². The summed E-state index contributed by atoms with van der Waals surface area (Å²) in [5, 5.41) is 27.8. The normalized spacial score (nSPS) is 10.5. The van der Waals surface area contributed by atoms with Gasteiger partial charge in [0.2, 0.25) is 0 Å². The van der Waals surface area contributed by atoms with Crippen LogP contribution < -0.4 is 0 Å². The molecule has 1 amide bonds. The second-order valence-corrected chi connectivity index (χ2v) is 4.65. The van der Waals surface area contributed by atoms with Crippen molar-refractivity contribution in [2.24, 2.45) is 5.92 Å². The number of nitrogens with zero attached hydrogens (tertiary/aromatic N) is 1. The summed E-state index contributed by atoms with van der Waals surface area (Å²) in [5.74, 6) is -2.61. The van der Waals surface area contributed by atoms with Crippen LogP contribution in [0.4, 0.5) is 0 Å². The smallest absolute Gasteiger partial charge is 0.323 e. The van der Waals surface area contributed by atoms with Crippen LogP contribution in [0.25, 0.3) is 0 Å². The fourth-order valence-electron chi connectivity index (χ4n) is 1.70. The molecule has 1 aromatic carbocycles. The minimum absolute atomic E-state index is 0.0859. The van der Waals surface area contributed by atoms with Crippen LogP contribution in [0.1, 0.15) is 24.2 Å². The predicted molar refractivity (Wildman–Crippen MR) is 68.1 cm³/mol. The van der Waals surface area contributed by atoms with E-state index in [0.29, 0.717) is 0 Å². The maximum atomic E-state index is 12.2. The van der Waals surface area contributed by atoms with Crippen molar-refractivity contribution in [3.8, 4) is 11.5 Å². The molecule has 0 spiro atoms. The number of aromatic hydroxyl groups is 2. The molecule has 0 aliphatic heterocycles. The maximum Gasteiger partial charge on any atom is 0.323 e. The molecule has 0 saturated heterocycles. The number of phenolic OH excluding ortho intramolecular Hbond substituents is 2. The van der Waals surface area contributed by atoms with Gasteiger partial charge >= 0.3 is 5.97 Å². The molecule has 1 rings (SSSR count). The molecule has 0 fully saturated rings. The van der Waals surface area contributed by atoms with E-state index in [1.165, 1.54) is 18.2 Å². The van der Waals surface area contributed by atoms with E-state index in [4.69, 9.17) is 5.11 Å². The van der Waals surface area contributed by atoms with E-state index in [9.17, 15) is 19.8 Å². The number of amides is 1.